The molecule has 3 aromatic carbocycles. The predicted molar refractivity (Wildman–Crippen MR) is 123 cm³/mol. The number of sulfonamides is 1. The number of hydrogen-bond acceptors (Lipinski definition) is 4. The smallest absolute Gasteiger partial charge is 0.236 e. The van der Waals surface area contributed by atoms with Crippen LogP contribution in [0.5, 0.6) is 0 Å². The van der Waals surface area contributed by atoms with Crippen molar-refractivity contribution >= 4 is 72.1 Å². The van der Waals surface area contributed by atoms with E-state index in [-0.39, 0.29) is 5.75 Å². The van der Waals surface area contributed by atoms with E-state index in [4.69, 9.17) is 34.8 Å². The summed E-state index contributed by atoms with van der Waals surface area (Å²) in [4.78, 5) is 4.58. The van der Waals surface area contributed by atoms with E-state index in [0.29, 0.717) is 26.3 Å². The van der Waals surface area contributed by atoms with Gasteiger partial charge in [-0.15, -0.1) is 11.3 Å². The number of thiazole rings is 1. The maximum atomic E-state index is 12.5. The van der Waals surface area contributed by atoms with Gasteiger partial charge in [-0.1, -0.05) is 46.9 Å². The van der Waals surface area contributed by atoms with Crippen molar-refractivity contribution in [1.29, 1.82) is 0 Å². The zero-order chi connectivity index (χ0) is 20.6. The first-order valence-corrected chi connectivity index (χ1v) is 12.0. The molecule has 0 aliphatic heterocycles. The van der Waals surface area contributed by atoms with Gasteiger partial charge in [0.1, 0.15) is 5.01 Å². The molecule has 4 aromatic rings. The van der Waals surface area contributed by atoms with Gasteiger partial charge < -0.3 is 0 Å². The fraction of sp³-hybridized carbons (Fsp3) is 0.0500. The Morgan fingerprint density at radius 2 is 1.62 bits per heavy atom. The summed E-state index contributed by atoms with van der Waals surface area (Å²) in [6.45, 7) is 0. The van der Waals surface area contributed by atoms with Crippen LogP contribution in [0, 0.1) is 0 Å². The van der Waals surface area contributed by atoms with Gasteiger partial charge in [-0.25, -0.2) is 13.4 Å². The Morgan fingerprint density at radius 1 is 0.897 bits per heavy atom. The molecular weight excluding hydrogens is 471 g/mol. The molecule has 0 spiro atoms. The maximum absolute atomic E-state index is 12.5. The van der Waals surface area contributed by atoms with E-state index in [1.165, 1.54) is 11.3 Å². The van der Waals surface area contributed by atoms with Crippen molar-refractivity contribution < 1.29 is 8.42 Å². The highest BCUT2D eigenvalue weighted by atomic mass is 35.5. The minimum atomic E-state index is -3.60. The Kier molecular flexibility index (Phi) is 5.73. The molecule has 0 saturated heterocycles. The molecule has 0 aliphatic carbocycles. The van der Waals surface area contributed by atoms with Crippen molar-refractivity contribution in [1.82, 2.24) is 4.98 Å². The molecule has 0 unspecified atom stereocenters. The van der Waals surface area contributed by atoms with Gasteiger partial charge in [0.25, 0.3) is 0 Å². The van der Waals surface area contributed by atoms with Gasteiger partial charge in [-0.05, 0) is 54.1 Å². The average Bonchev–Trinajstić information content (AvgIpc) is 3.06. The van der Waals surface area contributed by atoms with Crippen molar-refractivity contribution in [2.75, 3.05) is 4.72 Å². The summed E-state index contributed by atoms with van der Waals surface area (Å²) in [6.07, 6.45) is 0. The standard InChI is InChI=1S/C20H13Cl3N2O2S2/c21-13-3-1-12(2-4-13)11-29(26,27)25-15-6-7-16(17(23)10-15)20-24-18-8-5-14(22)9-19(18)28-20/h1-10,25H,11H2. The van der Waals surface area contributed by atoms with E-state index >= 15 is 0 Å². The Morgan fingerprint density at radius 3 is 2.34 bits per heavy atom. The van der Waals surface area contributed by atoms with Crippen LogP contribution >= 0.6 is 46.1 Å². The molecule has 4 nitrogen and oxygen atoms in total. The summed E-state index contributed by atoms with van der Waals surface area (Å²) in [5.41, 5.74) is 2.58. The number of rotatable bonds is 5. The van der Waals surface area contributed by atoms with E-state index < -0.39 is 10.0 Å². The molecule has 4 rings (SSSR count). The molecule has 29 heavy (non-hydrogen) atoms. The van der Waals surface area contributed by atoms with Crippen LogP contribution < -0.4 is 4.72 Å². The number of benzene rings is 3. The second-order valence-electron chi connectivity index (χ2n) is 6.31. The Bertz CT molecular complexity index is 1300. The van der Waals surface area contributed by atoms with Gasteiger partial charge in [0.15, 0.2) is 0 Å². The molecule has 0 radical (unpaired) electrons. The second kappa shape index (κ2) is 8.13. The Labute approximate surface area is 187 Å². The zero-order valence-corrected chi connectivity index (χ0v) is 18.6. The molecule has 0 saturated carbocycles. The normalized spacial score (nSPS) is 11.7. The third-order valence-corrected chi connectivity index (χ3v) is 7.20. The predicted octanol–water partition coefficient (Wildman–Crippen LogP) is 6.87. The zero-order valence-electron chi connectivity index (χ0n) is 14.7. The number of hydrogen-bond donors (Lipinski definition) is 1. The van der Waals surface area contributed by atoms with E-state index in [0.717, 1.165) is 20.8 Å². The molecule has 9 heteroatoms. The van der Waals surface area contributed by atoms with Crippen LogP contribution in [-0.4, -0.2) is 13.4 Å². The van der Waals surface area contributed by atoms with Crippen LogP contribution in [-0.2, 0) is 15.8 Å². The molecule has 0 aliphatic rings. The van der Waals surface area contributed by atoms with Gasteiger partial charge in [0.05, 0.1) is 26.7 Å². The summed E-state index contributed by atoms with van der Waals surface area (Å²) >= 11 is 19.8. The first-order chi connectivity index (χ1) is 13.8. The van der Waals surface area contributed by atoms with Gasteiger partial charge in [0, 0.05) is 15.6 Å². The van der Waals surface area contributed by atoms with E-state index in [1.54, 1.807) is 48.5 Å². The van der Waals surface area contributed by atoms with Crippen LogP contribution in [0.15, 0.2) is 60.7 Å². The fourth-order valence-electron chi connectivity index (χ4n) is 2.78. The molecule has 148 valence electrons. The maximum Gasteiger partial charge on any atom is 0.236 e. The highest BCUT2D eigenvalue weighted by molar-refractivity contribution is 7.91. The molecule has 1 aromatic heterocycles. The third-order valence-electron chi connectivity index (χ3n) is 4.09. The highest BCUT2D eigenvalue weighted by Crippen LogP contribution is 2.36. The van der Waals surface area contributed by atoms with E-state index in [1.807, 2.05) is 12.1 Å². The highest BCUT2D eigenvalue weighted by Gasteiger charge is 2.15. The first kappa shape index (κ1) is 20.4. The molecular formula is C20H13Cl3N2O2S2. The summed E-state index contributed by atoms with van der Waals surface area (Å²) in [5, 5.41) is 2.34. The van der Waals surface area contributed by atoms with Gasteiger partial charge in [-0.3, -0.25) is 4.72 Å². The fourth-order valence-corrected chi connectivity index (χ4v) is 5.70. The van der Waals surface area contributed by atoms with Crippen molar-refractivity contribution in [2.45, 2.75) is 5.75 Å². The van der Waals surface area contributed by atoms with Crippen LogP contribution in [0.1, 0.15) is 5.56 Å². The second-order valence-corrected chi connectivity index (χ2v) is 10.3. The number of fused-ring (bicyclic) bond motifs is 1. The Balaban J connectivity index is 1.56. The molecule has 1 heterocycles. The molecule has 0 amide bonds. The van der Waals surface area contributed by atoms with Crippen molar-refractivity contribution in [2.24, 2.45) is 0 Å². The lowest BCUT2D eigenvalue weighted by molar-refractivity contribution is 0.600. The average molecular weight is 484 g/mol. The number of nitrogens with zero attached hydrogens (tertiary/aromatic N) is 1. The third kappa shape index (κ3) is 4.85. The quantitative estimate of drug-likeness (QED) is 0.337. The molecule has 1 N–H and O–H groups in total. The van der Waals surface area contributed by atoms with Crippen molar-refractivity contribution in [3.05, 3.63) is 81.3 Å². The SMILES string of the molecule is O=S(=O)(Cc1ccc(Cl)cc1)Nc1ccc(-c2nc3ccc(Cl)cc3s2)c(Cl)c1. The number of anilines is 1. The Hall–Kier alpha value is -1.83. The largest absolute Gasteiger partial charge is 0.283 e. The van der Waals surface area contributed by atoms with Crippen LogP contribution in [0.3, 0.4) is 0 Å². The summed E-state index contributed by atoms with van der Waals surface area (Å²) in [6, 6.07) is 17.2. The molecule has 0 bridgehead atoms. The summed E-state index contributed by atoms with van der Waals surface area (Å²) in [5.74, 6) is -0.165. The monoisotopic (exact) mass is 482 g/mol. The van der Waals surface area contributed by atoms with Crippen LogP contribution in [0.2, 0.25) is 15.1 Å². The topological polar surface area (TPSA) is 59.1 Å². The number of halogens is 3. The van der Waals surface area contributed by atoms with Crippen LogP contribution in [0.4, 0.5) is 5.69 Å². The van der Waals surface area contributed by atoms with Gasteiger partial charge >= 0.3 is 0 Å². The first-order valence-electron chi connectivity index (χ1n) is 8.40. The van der Waals surface area contributed by atoms with Gasteiger partial charge in [0.2, 0.25) is 10.0 Å². The minimum Gasteiger partial charge on any atom is -0.283 e. The van der Waals surface area contributed by atoms with E-state index in [2.05, 4.69) is 9.71 Å². The lowest BCUT2D eigenvalue weighted by atomic mass is 10.2. The number of nitrogens with one attached hydrogen (secondary N) is 1. The van der Waals surface area contributed by atoms with Crippen molar-refractivity contribution in [3.8, 4) is 10.6 Å². The van der Waals surface area contributed by atoms with Gasteiger partial charge in [-0.2, -0.15) is 0 Å². The summed E-state index contributed by atoms with van der Waals surface area (Å²) in [7, 11) is -3.60. The summed E-state index contributed by atoms with van der Waals surface area (Å²) < 4.78 is 28.4. The number of aromatic nitrogens is 1. The lowest BCUT2D eigenvalue weighted by Gasteiger charge is -2.10. The van der Waals surface area contributed by atoms with Crippen LogP contribution in [0.25, 0.3) is 20.8 Å². The molecule has 0 atom stereocenters. The molecule has 0 fully saturated rings. The minimum absolute atomic E-state index is 0.165. The lowest BCUT2D eigenvalue weighted by Crippen LogP contribution is -2.15. The van der Waals surface area contributed by atoms with E-state index in [9.17, 15) is 8.42 Å². The van der Waals surface area contributed by atoms with Crippen molar-refractivity contribution in [3.63, 3.8) is 0 Å².